The smallest absolute Gasteiger partial charge is 0.154 e. The number of aromatic nitrogens is 2. The summed E-state index contributed by atoms with van der Waals surface area (Å²) in [5.74, 6) is 0.486. The van der Waals surface area contributed by atoms with Gasteiger partial charge in [0.2, 0.25) is 0 Å². The van der Waals surface area contributed by atoms with E-state index < -0.39 is 0 Å². The highest BCUT2D eigenvalue weighted by Gasteiger charge is 2.02. The highest BCUT2D eigenvalue weighted by molar-refractivity contribution is 7.13. The molecule has 0 atom stereocenters. The maximum Gasteiger partial charge on any atom is 0.154 e. The molecule has 2 heterocycles. The minimum Gasteiger partial charge on any atom is -0.382 e. The second-order valence-corrected chi connectivity index (χ2v) is 3.26. The molecule has 0 aromatic carbocycles. The predicted molar refractivity (Wildman–Crippen MR) is 49.8 cm³/mol. The lowest BCUT2D eigenvalue weighted by atomic mass is 10.2. The van der Waals surface area contributed by atoms with Crippen LogP contribution in [0.25, 0.3) is 10.4 Å². The highest BCUT2D eigenvalue weighted by Crippen LogP contribution is 2.27. The van der Waals surface area contributed by atoms with Crippen molar-refractivity contribution < 1.29 is 0 Å². The Labute approximate surface area is 73.9 Å². The Morgan fingerprint density at radius 3 is 2.92 bits per heavy atom. The Kier molecular flexibility index (Phi) is 1.75. The van der Waals surface area contributed by atoms with Gasteiger partial charge in [-0.1, -0.05) is 6.07 Å². The van der Waals surface area contributed by atoms with E-state index in [1.807, 2.05) is 23.6 Å². The van der Waals surface area contributed by atoms with Crippen molar-refractivity contribution in [3.8, 4) is 10.4 Å². The molecular formula is C8H7N3S. The number of anilines is 1. The molecule has 2 aromatic rings. The zero-order chi connectivity index (χ0) is 8.39. The Hall–Kier alpha value is -1.42. The molecule has 4 heteroatoms. The van der Waals surface area contributed by atoms with Gasteiger partial charge in [0, 0.05) is 10.4 Å². The molecule has 0 saturated heterocycles. The van der Waals surface area contributed by atoms with Crippen molar-refractivity contribution in [2.75, 3.05) is 5.73 Å². The molecule has 0 aliphatic heterocycles. The van der Waals surface area contributed by atoms with Gasteiger partial charge in [-0.3, -0.25) is 0 Å². The lowest BCUT2D eigenvalue weighted by Crippen LogP contribution is -1.94. The topological polar surface area (TPSA) is 51.8 Å². The number of nitrogens with zero attached hydrogens (tertiary/aromatic N) is 2. The summed E-state index contributed by atoms with van der Waals surface area (Å²) >= 11 is 1.64. The molecule has 0 saturated carbocycles. The van der Waals surface area contributed by atoms with Crippen LogP contribution in [0.4, 0.5) is 5.82 Å². The molecule has 3 nitrogen and oxygen atoms in total. The van der Waals surface area contributed by atoms with Crippen molar-refractivity contribution in [3.63, 3.8) is 0 Å². The molecule has 2 rings (SSSR count). The van der Waals surface area contributed by atoms with Crippen molar-refractivity contribution in [2.24, 2.45) is 0 Å². The summed E-state index contributed by atoms with van der Waals surface area (Å²) in [5.41, 5.74) is 6.60. The summed E-state index contributed by atoms with van der Waals surface area (Å²) in [6, 6.07) is 5.87. The van der Waals surface area contributed by atoms with Crippen LogP contribution in [0.3, 0.4) is 0 Å². The fraction of sp³-hybridized carbons (Fsp3) is 0. The van der Waals surface area contributed by atoms with Crippen molar-refractivity contribution in [3.05, 3.63) is 29.8 Å². The minimum absolute atomic E-state index is 0.486. The highest BCUT2D eigenvalue weighted by atomic mass is 32.1. The van der Waals surface area contributed by atoms with E-state index in [0.717, 1.165) is 10.4 Å². The van der Waals surface area contributed by atoms with Crippen LogP contribution >= 0.6 is 11.3 Å². The molecule has 0 spiro atoms. The Balaban J connectivity index is 2.55. The summed E-state index contributed by atoms with van der Waals surface area (Å²) < 4.78 is 0. The zero-order valence-electron chi connectivity index (χ0n) is 6.27. The number of nitrogens with two attached hydrogens (primary N) is 1. The Morgan fingerprint density at radius 2 is 2.25 bits per heavy atom. The van der Waals surface area contributed by atoms with Gasteiger partial charge in [0.05, 0.1) is 6.20 Å². The summed E-state index contributed by atoms with van der Waals surface area (Å²) in [4.78, 5) is 1.13. The average Bonchev–Trinajstić information content (AvgIpc) is 2.57. The number of thiophene rings is 1. The fourth-order valence-corrected chi connectivity index (χ4v) is 1.74. The number of hydrogen-bond acceptors (Lipinski definition) is 4. The van der Waals surface area contributed by atoms with Crippen LogP contribution in [0, 0.1) is 0 Å². The van der Waals surface area contributed by atoms with Crippen LogP contribution in [0.5, 0.6) is 0 Å². The summed E-state index contributed by atoms with van der Waals surface area (Å²) in [6.07, 6.45) is 1.64. The van der Waals surface area contributed by atoms with E-state index in [1.165, 1.54) is 0 Å². The molecule has 0 aliphatic carbocycles. The van der Waals surface area contributed by atoms with E-state index in [1.54, 1.807) is 17.5 Å². The van der Waals surface area contributed by atoms with Crippen LogP contribution in [-0.2, 0) is 0 Å². The number of nitrogen functional groups attached to an aromatic ring is 1. The maximum absolute atomic E-state index is 5.64. The summed E-state index contributed by atoms with van der Waals surface area (Å²) in [7, 11) is 0. The monoisotopic (exact) mass is 177 g/mol. The molecule has 0 unspecified atom stereocenters. The Bertz CT molecular complexity index is 370. The first kappa shape index (κ1) is 7.24. The van der Waals surface area contributed by atoms with Gasteiger partial charge in [-0.05, 0) is 17.5 Å². The third-order valence-electron chi connectivity index (χ3n) is 1.54. The molecule has 60 valence electrons. The van der Waals surface area contributed by atoms with Crippen molar-refractivity contribution in [2.45, 2.75) is 0 Å². The second kappa shape index (κ2) is 2.91. The van der Waals surface area contributed by atoms with Gasteiger partial charge < -0.3 is 5.73 Å². The third-order valence-corrected chi connectivity index (χ3v) is 2.44. The van der Waals surface area contributed by atoms with Gasteiger partial charge in [0.15, 0.2) is 5.82 Å². The maximum atomic E-state index is 5.64. The largest absolute Gasteiger partial charge is 0.382 e. The van der Waals surface area contributed by atoms with Gasteiger partial charge >= 0.3 is 0 Å². The second-order valence-electron chi connectivity index (χ2n) is 2.31. The van der Waals surface area contributed by atoms with E-state index >= 15 is 0 Å². The van der Waals surface area contributed by atoms with Gasteiger partial charge in [0.1, 0.15) is 0 Å². The van der Waals surface area contributed by atoms with E-state index in [4.69, 9.17) is 5.73 Å². The molecular weight excluding hydrogens is 170 g/mol. The molecule has 2 aromatic heterocycles. The first-order valence-electron chi connectivity index (χ1n) is 3.49. The normalized spacial score (nSPS) is 10.0. The SMILES string of the molecule is Nc1nnccc1-c1cccs1. The molecule has 12 heavy (non-hydrogen) atoms. The van der Waals surface area contributed by atoms with E-state index in [-0.39, 0.29) is 0 Å². The molecule has 0 bridgehead atoms. The Morgan fingerprint density at radius 1 is 1.33 bits per heavy atom. The molecule has 0 radical (unpaired) electrons. The van der Waals surface area contributed by atoms with Gasteiger partial charge in [0.25, 0.3) is 0 Å². The molecule has 2 N–H and O–H groups in total. The third kappa shape index (κ3) is 1.16. The van der Waals surface area contributed by atoms with E-state index in [9.17, 15) is 0 Å². The van der Waals surface area contributed by atoms with Crippen molar-refractivity contribution >= 4 is 17.2 Å². The molecule has 0 amide bonds. The van der Waals surface area contributed by atoms with Crippen molar-refractivity contribution in [1.82, 2.24) is 10.2 Å². The van der Waals surface area contributed by atoms with Crippen LogP contribution in [0.15, 0.2) is 29.8 Å². The van der Waals surface area contributed by atoms with E-state index in [0.29, 0.717) is 5.82 Å². The van der Waals surface area contributed by atoms with Crippen molar-refractivity contribution in [1.29, 1.82) is 0 Å². The minimum atomic E-state index is 0.486. The van der Waals surface area contributed by atoms with Gasteiger partial charge in [-0.25, -0.2) is 0 Å². The number of hydrogen-bond donors (Lipinski definition) is 1. The van der Waals surface area contributed by atoms with Crippen LogP contribution in [0.2, 0.25) is 0 Å². The summed E-state index contributed by atoms with van der Waals surface area (Å²) in [5, 5.41) is 9.46. The average molecular weight is 177 g/mol. The van der Waals surface area contributed by atoms with Crippen LogP contribution in [0.1, 0.15) is 0 Å². The lowest BCUT2D eigenvalue weighted by molar-refractivity contribution is 1.04. The predicted octanol–water partition coefficient (Wildman–Crippen LogP) is 1.79. The van der Waals surface area contributed by atoms with E-state index in [2.05, 4.69) is 10.2 Å². The molecule has 0 fully saturated rings. The van der Waals surface area contributed by atoms with Gasteiger partial charge in [-0.2, -0.15) is 5.10 Å². The van der Waals surface area contributed by atoms with Crippen LogP contribution < -0.4 is 5.73 Å². The summed E-state index contributed by atoms with van der Waals surface area (Å²) in [6.45, 7) is 0. The zero-order valence-corrected chi connectivity index (χ0v) is 7.08. The van der Waals surface area contributed by atoms with Gasteiger partial charge in [-0.15, -0.1) is 16.4 Å². The number of rotatable bonds is 1. The standard InChI is InChI=1S/C8H7N3S/c9-8-6(3-4-10-11-8)7-2-1-5-12-7/h1-5H,(H2,9,11). The fourth-order valence-electron chi connectivity index (χ4n) is 0.983. The first-order chi connectivity index (χ1) is 5.88. The quantitative estimate of drug-likeness (QED) is 0.722. The first-order valence-corrected chi connectivity index (χ1v) is 4.37. The van der Waals surface area contributed by atoms with Crippen LogP contribution in [-0.4, -0.2) is 10.2 Å². The lowest BCUT2D eigenvalue weighted by Gasteiger charge is -1.98. The molecule has 0 aliphatic rings.